The molecular weight excluding hydrogens is 268 g/mol. The predicted molar refractivity (Wildman–Crippen MR) is 82.0 cm³/mol. The van der Waals surface area contributed by atoms with Crippen LogP contribution in [0.5, 0.6) is 0 Å². The molecule has 1 aliphatic rings. The molecule has 0 aliphatic carbocycles. The molecule has 1 heterocycles. The number of rotatable bonds is 7. The van der Waals surface area contributed by atoms with Crippen molar-refractivity contribution < 1.29 is 14.6 Å². The van der Waals surface area contributed by atoms with Gasteiger partial charge in [0, 0.05) is 40.4 Å². The summed E-state index contributed by atoms with van der Waals surface area (Å²) < 4.78 is 10.9. The Hall–Kier alpha value is -0.980. The quantitative estimate of drug-likeness (QED) is 0.769. The number of nitrogens with zero attached hydrogens (tertiary/aromatic N) is 1. The van der Waals surface area contributed by atoms with Gasteiger partial charge in [-0.3, -0.25) is 4.90 Å². The molecule has 0 spiro atoms. The zero-order valence-corrected chi connectivity index (χ0v) is 12.9. The summed E-state index contributed by atoms with van der Waals surface area (Å²) in [6.07, 6.45) is 0.788. The number of aliphatic hydroxyl groups is 1. The molecule has 0 aromatic heterocycles. The van der Waals surface area contributed by atoms with Crippen molar-refractivity contribution >= 4 is 0 Å². The van der Waals surface area contributed by atoms with Crippen LogP contribution in [-0.2, 0) is 15.1 Å². The fourth-order valence-corrected chi connectivity index (χ4v) is 2.91. The van der Waals surface area contributed by atoms with Crippen LogP contribution < -0.4 is 5.73 Å². The summed E-state index contributed by atoms with van der Waals surface area (Å²) in [5.41, 5.74) is 5.71. The number of benzene rings is 1. The zero-order chi connectivity index (χ0) is 15.3. The highest BCUT2D eigenvalue weighted by Gasteiger charge is 2.35. The summed E-state index contributed by atoms with van der Waals surface area (Å²) in [5.74, 6) is 0. The van der Waals surface area contributed by atoms with Crippen molar-refractivity contribution in [2.45, 2.75) is 24.2 Å². The Bertz CT molecular complexity index is 417. The Morgan fingerprint density at radius 2 is 1.76 bits per heavy atom. The average Bonchev–Trinajstić information content (AvgIpc) is 2.96. The summed E-state index contributed by atoms with van der Waals surface area (Å²) >= 11 is 0. The SMILES string of the molecule is COC1CN(CCC(O)(CN)c2ccccc2)CC1OC. The van der Waals surface area contributed by atoms with Crippen molar-refractivity contribution in [1.82, 2.24) is 4.90 Å². The molecule has 3 unspecified atom stereocenters. The van der Waals surface area contributed by atoms with Gasteiger partial charge in [0.15, 0.2) is 0 Å². The van der Waals surface area contributed by atoms with Crippen molar-refractivity contribution in [3.8, 4) is 0 Å². The zero-order valence-electron chi connectivity index (χ0n) is 12.9. The lowest BCUT2D eigenvalue weighted by atomic mass is 9.90. The lowest BCUT2D eigenvalue weighted by Crippen LogP contribution is -2.39. The van der Waals surface area contributed by atoms with Gasteiger partial charge in [0.05, 0.1) is 12.2 Å². The van der Waals surface area contributed by atoms with Crippen molar-refractivity contribution in [3.63, 3.8) is 0 Å². The Kier molecular flexibility index (Phi) is 5.72. The molecule has 21 heavy (non-hydrogen) atoms. The van der Waals surface area contributed by atoms with Gasteiger partial charge < -0.3 is 20.3 Å². The Morgan fingerprint density at radius 3 is 2.24 bits per heavy atom. The van der Waals surface area contributed by atoms with Gasteiger partial charge in [0.25, 0.3) is 0 Å². The Balaban J connectivity index is 1.95. The lowest BCUT2D eigenvalue weighted by molar-refractivity contribution is -0.00461. The summed E-state index contributed by atoms with van der Waals surface area (Å²) in [4.78, 5) is 2.26. The highest BCUT2D eigenvalue weighted by atomic mass is 16.5. The Morgan fingerprint density at radius 1 is 1.19 bits per heavy atom. The average molecular weight is 294 g/mol. The Labute approximate surface area is 126 Å². The molecule has 5 nitrogen and oxygen atoms in total. The first-order valence-corrected chi connectivity index (χ1v) is 7.39. The second kappa shape index (κ2) is 7.33. The summed E-state index contributed by atoms with van der Waals surface area (Å²) in [6.45, 7) is 2.63. The van der Waals surface area contributed by atoms with Gasteiger partial charge in [-0.2, -0.15) is 0 Å². The van der Waals surface area contributed by atoms with Crippen molar-refractivity contribution in [3.05, 3.63) is 35.9 Å². The smallest absolute Gasteiger partial charge is 0.103 e. The molecule has 2 rings (SSSR count). The molecule has 0 amide bonds. The number of hydrogen-bond donors (Lipinski definition) is 2. The largest absolute Gasteiger partial charge is 0.384 e. The van der Waals surface area contributed by atoms with E-state index in [1.165, 1.54) is 0 Å². The minimum absolute atomic E-state index is 0.0951. The predicted octanol–water partition coefficient (Wildman–Crippen LogP) is 0.569. The highest BCUT2D eigenvalue weighted by Crippen LogP contribution is 2.25. The van der Waals surface area contributed by atoms with E-state index in [9.17, 15) is 5.11 Å². The molecule has 1 fully saturated rings. The van der Waals surface area contributed by atoms with E-state index in [0.717, 1.165) is 25.2 Å². The minimum Gasteiger partial charge on any atom is -0.384 e. The van der Waals surface area contributed by atoms with Gasteiger partial charge in [0.2, 0.25) is 0 Å². The van der Waals surface area contributed by atoms with Gasteiger partial charge in [-0.05, 0) is 12.0 Å². The van der Waals surface area contributed by atoms with E-state index in [4.69, 9.17) is 15.2 Å². The summed E-state index contributed by atoms with van der Waals surface area (Å²) in [7, 11) is 3.42. The summed E-state index contributed by atoms with van der Waals surface area (Å²) in [6, 6.07) is 9.63. The fourth-order valence-electron chi connectivity index (χ4n) is 2.91. The molecule has 0 radical (unpaired) electrons. The number of hydrogen-bond acceptors (Lipinski definition) is 5. The van der Waals surface area contributed by atoms with Crippen LogP contribution in [0.3, 0.4) is 0 Å². The standard InChI is InChI=1S/C16H26N2O3/c1-20-14-10-18(11-15(14)21-2)9-8-16(19,12-17)13-6-4-3-5-7-13/h3-7,14-15,19H,8-12,17H2,1-2H3. The van der Waals surface area contributed by atoms with E-state index < -0.39 is 5.60 Å². The highest BCUT2D eigenvalue weighted by molar-refractivity contribution is 5.22. The molecule has 1 saturated heterocycles. The van der Waals surface area contributed by atoms with Gasteiger partial charge in [0.1, 0.15) is 5.60 Å². The third-order valence-corrected chi connectivity index (χ3v) is 4.39. The third kappa shape index (κ3) is 3.81. The van der Waals surface area contributed by atoms with Crippen LogP contribution in [-0.4, -0.2) is 62.6 Å². The molecule has 0 saturated carbocycles. The monoisotopic (exact) mass is 294 g/mol. The third-order valence-electron chi connectivity index (χ3n) is 4.39. The maximum absolute atomic E-state index is 10.8. The van der Waals surface area contributed by atoms with Gasteiger partial charge >= 0.3 is 0 Å². The molecular formula is C16H26N2O3. The second-order valence-corrected chi connectivity index (χ2v) is 5.66. The van der Waals surface area contributed by atoms with Crippen LogP contribution in [0.15, 0.2) is 30.3 Å². The van der Waals surface area contributed by atoms with Crippen molar-refractivity contribution in [1.29, 1.82) is 0 Å². The maximum Gasteiger partial charge on any atom is 0.103 e. The summed E-state index contributed by atoms with van der Waals surface area (Å²) in [5, 5.41) is 10.8. The maximum atomic E-state index is 10.8. The lowest BCUT2D eigenvalue weighted by Gasteiger charge is -2.29. The van der Waals surface area contributed by atoms with Crippen LogP contribution >= 0.6 is 0 Å². The first-order chi connectivity index (χ1) is 10.1. The van der Waals surface area contributed by atoms with Crippen LogP contribution in [0, 0.1) is 0 Å². The topological polar surface area (TPSA) is 68.0 Å². The normalized spacial score (nSPS) is 25.9. The number of ether oxygens (including phenoxy) is 2. The molecule has 0 bridgehead atoms. The van der Waals surface area contributed by atoms with Gasteiger partial charge in [-0.25, -0.2) is 0 Å². The first kappa shape index (κ1) is 16.4. The van der Waals surface area contributed by atoms with E-state index >= 15 is 0 Å². The van der Waals surface area contributed by atoms with Crippen LogP contribution in [0.1, 0.15) is 12.0 Å². The van der Waals surface area contributed by atoms with Crippen LogP contribution in [0.25, 0.3) is 0 Å². The molecule has 3 atom stereocenters. The van der Waals surface area contributed by atoms with Crippen molar-refractivity contribution in [2.75, 3.05) is 40.4 Å². The van der Waals surface area contributed by atoms with E-state index in [1.807, 2.05) is 30.3 Å². The number of likely N-dealkylation sites (tertiary alicyclic amines) is 1. The first-order valence-electron chi connectivity index (χ1n) is 7.39. The molecule has 3 N–H and O–H groups in total. The molecule has 118 valence electrons. The van der Waals surface area contributed by atoms with Crippen LogP contribution in [0.2, 0.25) is 0 Å². The second-order valence-electron chi connectivity index (χ2n) is 5.66. The number of nitrogens with two attached hydrogens (primary N) is 1. The molecule has 1 aromatic carbocycles. The van der Waals surface area contributed by atoms with E-state index in [0.29, 0.717) is 6.42 Å². The van der Waals surface area contributed by atoms with Gasteiger partial charge in [-0.15, -0.1) is 0 Å². The van der Waals surface area contributed by atoms with E-state index in [1.54, 1.807) is 14.2 Å². The number of methoxy groups -OCH3 is 2. The van der Waals surface area contributed by atoms with Crippen molar-refractivity contribution in [2.24, 2.45) is 5.73 Å². The minimum atomic E-state index is -0.977. The molecule has 1 aliphatic heterocycles. The molecule has 1 aromatic rings. The van der Waals surface area contributed by atoms with Gasteiger partial charge in [-0.1, -0.05) is 30.3 Å². The van der Waals surface area contributed by atoms with E-state index in [2.05, 4.69) is 4.90 Å². The fraction of sp³-hybridized carbons (Fsp3) is 0.625. The molecule has 5 heteroatoms. The van der Waals surface area contributed by atoms with Crippen LogP contribution in [0.4, 0.5) is 0 Å². The van der Waals surface area contributed by atoms with E-state index in [-0.39, 0.29) is 18.8 Å².